The van der Waals surface area contributed by atoms with E-state index in [4.69, 9.17) is 0 Å². The van der Waals surface area contributed by atoms with Crippen molar-refractivity contribution in [3.05, 3.63) is 50.6 Å². The Kier molecular flexibility index (Phi) is 5.29. The van der Waals surface area contributed by atoms with Crippen molar-refractivity contribution in [1.82, 2.24) is 29.1 Å². The summed E-state index contributed by atoms with van der Waals surface area (Å²) in [7, 11) is 3.05. The third-order valence-corrected chi connectivity index (χ3v) is 5.11. The Morgan fingerprint density at radius 1 is 1.29 bits per heavy atom. The van der Waals surface area contributed by atoms with Gasteiger partial charge in [-0.05, 0) is 33.7 Å². The van der Waals surface area contributed by atoms with Crippen LogP contribution < -0.4 is 16.6 Å². The van der Waals surface area contributed by atoms with E-state index in [1.807, 2.05) is 20.8 Å². The molecular weight excluding hydrogens is 360 g/mol. The van der Waals surface area contributed by atoms with Crippen molar-refractivity contribution < 1.29 is 4.79 Å². The maximum Gasteiger partial charge on any atom is 0.330 e. The summed E-state index contributed by atoms with van der Waals surface area (Å²) >= 11 is 0. The van der Waals surface area contributed by atoms with Gasteiger partial charge in [-0.1, -0.05) is 0 Å². The van der Waals surface area contributed by atoms with Crippen LogP contribution in [0.5, 0.6) is 0 Å². The van der Waals surface area contributed by atoms with Crippen molar-refractivity contribution in [2.24, 2.45) is 14.1 Å². The van der Waals surface area contributed by atoms with Crippen LogP contribution in [0.2, 0.25) is 0 Å². The van der Waals surface area contributed by atoms with Crippen LogP contribution >= 0.6 is 0 Å². The lowest BCUT2D eigenvalue weighted by Gasteiger charge is -2.28. The van der Waals surface area contributed by atoms with Crippen LogP contribution in [0.1, 0.15) is 43.1 Å². The van der Waals surface area contributed by atoms with Crippen LogP contribution in [0.25, 0.3) is 0 Å². The minimum Gasteiger partial charge on any atom is -0.330 e. The van der Waals surface area contributed by atoms with Gasteiger partial charge in [0.1, 0.15) is 0 Å². The van der Waals surface area contributed by atoms with Crippen LogP contribution in [0.3, 0.4) is 0 Å². The first-order valence-electron chi connectivity index (χ1n) is 9.42. The second-order valence-corrected chi connectivity index (χ2v) is 8.34. The zero-order chi connectivity index (χ0) is 20.6. The van der Waals surface area contributed by atoms with Crippen LogP contribution in [-0.4, -0.2) is 48.9 Å². The Morgan fingerprint density at radius 3 is 2.57 bits per heavy atom. The Labute approximate surface area is 163 Å². The molecule has 1 aliphatic heterocycles. The lowest BCUT2D eigenvalue weighted by molar-refractivity contribution is 0.0674. The molecule has 3 rings (SSSR count). The van der Waals surface area contributed by atoms with E-state index in [9.17, 15) is 14.4 Å². The van der Waals surface area contributed by atoms with Gasteiger partial charge >= 0.3 is 5.69 Å². The number of amides is 1. The Hall–Kier alpha value is -2.68. The summed E-state index contributed by atoms with van der Waals surface area (Å²) in [4.78, 5) is 39.5. The van der Waals surface area contributed by atoms with Gasteiger partial charge in [-0.3, -0.25) is 18.8 Å². The SMILES string of the molecule is Cn1cc(CN(C(=O)c2cnn(C(C)(C)C)c2)[C@@H]2CCNC2)c(=O)n(C)c1=O. The second kappa shape index (κ2) is 7.38. The third-order valence-electron chi connectivity index (χ3n) is 5.11. The number of aryl methyl sites for hydroxylation is 1. The van der Waals surface area contributed by atoms with E-state index in [-0.39, 0.29) is 35.3 Å². The number of nitrogens with zero attached hydrogens (tertiary/aromatic N) is 5. The van der Waals surface area contributed by atoms with Crippen molar-refractivity contribution in [2.75, 3.05) is 13.1 Å². The number of hydrogen-bond acceptors (Lipinski definition) is 5. The fraction of sp³-hybridized carbons (Fsp3) is 0.579. The zero-order valence-corrected chi connectivity index (χ0v) is 17.1. The maximum atomic E-state index is 13.3. The molecule has 2 aromatic rings. The molecule has 0 bridgehead atoms. The molecule has 1 atom stereocenters. The molecule has 0 spiro atoms. The molecule has 1 N–H and O–H groups in total. The number of rotatable bonds is 4. The van der Waals surface area contributed by atoms with E-state index in [2.05, 4.69) is 10.4 Å². The molecule has 2 aromatic heterocycles. The molecule has 9 nitrogen and oxygen atoms in total. The molecule has 3 heterocycles. The molecule has 0 radical (unpaired) electrons. The summed E-state index contributed by atoms with van der Waals surface area (Å²) in [6, 6.07) is -0.0209. The van der Waals surface area contributed by atoms with Gasteiger partial charge in [0.05, 0.1) is 29.4 Å². The van der Waals surface area contributed by atoms with Gasteiger partial charge in [-0.2, -0.15) is 5.10 Å². The van der Waals surface area contributed by atoms with Crippen LogP contribution in [0.4, 0.5) is 0 Å². The van der Waals surface area contributed by atoms with Gasteiger partial charge in [0.25, 0.3) is 11.5 Å². The minimum atomic E-state index is -0.388. The molecule has 1 saturated heterocycles. The third kappa shape index (κ3) is 3.80. The predicted molar refractivity (Wildman–Crippen MR) is 105 cm³/mol. The summed E-state index contributed by atoms with van der Waals surface area (Å²) in [5, 5.41) is 7.59. The lowest BCUT2D eigenvalue weighted by atomic mass is 10.1. The van der Waals surface area contributed by atoms with Crippen molar-refractivity contribution in [1.29, 1.82) is 0 Å². The molecule has 1 fully saturated rings. The standard InChI is InChI=1S/C19H28N6O3/c1-19(2,3)25-12-13(8-21-25)17(27)24(15-6-7-20-9-15)11-14-10-22(4)18(28)23(5)16(14)26/h8,10,12,15,20H,6-7,9,11H2,1-5H3/t15-/m1/s1. The first-order valence-corrected chi connectivity index (χ1v) is 9.42. The molecular formula is C19H28N6O3. The topological polar surface area (TPSA) is 94.2 Å². The fourth-order valence-electron chi connectivity index (χ4n) is 3.41. The largest absolute Gasteiger partial charge is 0.330 e. The second-order valence-electron chi connectivity index (χ2n) is 8.34. The van der Waals surface area contributed by atoms with Crippen LogP contribution in [0.15, 0.2) is 28.2 Å². The smallest absolute Gasteiger partial charge is 0.330 e. The van der Waals surface area contributed by atoms with Crippen molar-refractivity contribution in [3.8, 4) is 0 Å². The molecule has 1 aliphatic rings. The predicted octanol–water partition coefficient (Wildman–Crippen LogP) is 0.0398. The number of carbonyl (C=O) groups excluding carboxylic acids is 1. The van der Waals surface area contributed by atoms with Gasteiger partial charge in [-0.15, -0.1) is 0 Å². The highest BCUT2D eigenvalue weighted by Gasteiger charge is 2.30. The van der Waals surface area contributed by atoms with Gasteiger partial charge in [0.15, 0.2) is 0 Å². The average molecular weight is 388 g/mol. The van der Waals surface area contributed by atoms with Crippen molar-refractivity contribution in [2.45, 2.75) is 45.3 Å². The van der Waals surface area contributed by atoms with E-state index in [1.165, 1.54) is 17.8 Å². The van der Waals surface area contributed by atoms with E-state index in [1.54, 1.807) is 29.0 Å². The highest BCUT2D eigenvalue weighted by molar-refractivity contribution is 5.94. The average Bonchev–Trinajstić information content (AvgIpc) is 3.32. The molecule has 1 amide bonds. The van der Waals surface area contributed by atoms with Crippen LogP contribution in [0, 0.1) is 0 Å². The first-order chi connectivity index (χ1) is 13.1. The van der Waals surface area contributed by atoms with Crippen molar-refractivity contribution in [3.63, 3.8) is 0 Å². The summed E-state index contributed by atoms with van der Waals surface area (Å²) in [5.41, 5.74) is -0.0965. The normalized spacial score (nSPS) is 17.1. The number of nitrogens with one attached hydrogen (secondary N) is 1. The van der Waals surface area contributed by atoms with Gasteiger partial charge < -0.3 is 14.8 Å². The summed E-state index contributed by atoms with van der Waals surface area (Å²) in [6.07, 6.45) is 5.65. The monoisotopic (exact) mass is 388 g/mol. The molecule has 0 unspecified atom stereocenters. The van der Waals surface area contributed by atoms with Crippen molar-refractivity contribution >= 4 is 5.91 Å². The molecule has 0 saturated carbocycles. The molecule has 152 valence electrons. The summed E-state index contributed by atoms with van der Waals surface area (Å²) in [5.74, 6) is -0.167. The fourth-order valence-corrected chi connectivity index (χ4v) is 3.41. The van der Waals surface area contributed by atoms with E-state index in [0.717, 1.165) is 17.5 Å². The molecule has 28 heavy (non-hydrogen) atoms. The highest BCUT2D eigenvalue weighted by Crippen LogP contribution is 2.18. The van der Waals surface area contributed by atoms with Crippen LogP contribution in [-0.2, 0) is 26.2 Å². The first kappa shape index (κ1) is 20.1. The maximum absolute atomic E-state index is 13.3. The Balaban J connectivity index is 1.97. The van der Waals surface area contributed by atoms with E-state index in [0.29, 0.717) is 17.7 Å². The number of carbonyl (C=O) groups is 1. The molecule has 9 heteroatoms. The van der Waals surface area contributed by atoms with E-state index < -0.39 is 0 Å². The Bertz CT molecular complexity index is 988. The number of hydrogen-bond donors (Lipinski definition) is 1. The zero-order valence-electron chi connectivity index (χ0n) is 17.1. The lowest BCUT2D eigenvalue weighted by Crippen LogP contribution is -2.45. The minimum absolute atomic E-state index is 0.0209. The van der Waals surface area contributed by atoms with Gasteiger partial charge in [0, 0.05) is 39.1 Å². The summed E-state index contributed by atoms with van der Waals surface area (Å²) < 4.78 is 4.20. The van der Waals surface area contributed by atoms with Gasteiger partial charge in [0.2, 0.25) is 0 Å². The quantitative estimate of drug-likeness (QED) is 0.798. The summed E-state index contributed by atoms with van der Waals surface area (Å²) in [6.45, 7) is 7.68. The van der Waals surface area contributed by atoms with E-state index >= 15 is 0 Å². The number of aromatic nitrogens is 4. The van der Waals surface area contributed by atoms with Gasteiger partial charge in [-0.25, -0.2) is 4.79 Å². The molecule has 0 aliphatic carbocycles. The highest BCUT2D eigenvalue weighted by atomic mass is 16.2. The Morgan fingerprint density at radius 2 is 2.00 bits per heavy atom. The molecule has 0 aromatic carbocycles.